The van der Waals surface area contributed by atoms with Crippen molar-refractivity contribution < 1.29 is 28.3 Å². The quantitative estimate of drug-likeness (QED) is 0.573. The van der Waals surface area contributed by atoms with E-state index in [1.54, 1.807) is 63.0 Å². The molecule has 1 fully saturated rings. The molecule has 0 aliphatic carbocycles. The van der Waals surface area contributed by atoms with Crippen molar-refractivity contribution in [2.45, 2.75) is 6.54 Å². The normalized spacial score (nSPS) is 13.5. The highest BCUT2D eigenvalue weighted by Crippen LogP contribution is 2.29. The highest BCUT2D eigenvalue weighted by atomic mass is 16.5. The van der Waals surface area contributed by atoms with E-state index in [9.17, 15) is 14.4 Å². The third kappa shape index (κ3) is 4.90. The van der Waals surface area contributed by atoms with Gasteiger partial charge in [0.1, 0.15) is 23.7 Å². The summed E-state index contributed by atoms with van der Waals surface area (Å²) in [6, 6.07) is 11.8. The fourth-order valence-corrected chi connectivity index (χ4v) is 3.83. The number of hydrogen-bond donors (Lipinski definition) is 1. The predicted molar refractivity (Wildman–Crippen MR) is 123 cm³/mol. The summed E-state index contributed by atoms with van der Waals surface area (Å²) in [6.07, 6.45) is 3.15. The Morgan fingerprint density at radius 2 is 1.68 bits per heavy atom. The van der Waals surface area contributed by atoms with Crippen LogP contribution >= 0.6 is 0 Å². The van der Waals surface area contributed by atoms with E-state index >= 15 is 0 Å². The molecule has 4 rings (SSSR count). The molecule has 34 heavy (non-hydrogen) atoms. The van der Waals surface area contributed by atoms with Crippen molar-refractivity contribution in [3.05, 3.63) is 66.4 Å². The van der Waals surface area contributed by atoms with Crippen LogP contribution in [-0.4, -0.2) is 72.5 Å². The lowest BCUT2D eigenvalue weighted by Gasteiger charge is -2.34. The van der Waals surface area contributed by atoms with E-state index in [4.69, 9.17) is 13.9 Å². The molecule has 0 spiro atoms. The summed E-state index contributed by atoms with van der Waals surface area (Å²) in [5.41, 5.74) is 0.878. The number of aromatic nitrogens is 1. The molecular formula is C24H26N4O6. The van der Waals surface area contributed by atoms with Gasteiger partial charge in [-0.2, -0.15) is 0 Å². The number of hydrogen-bond acceptors (Lipinski definition) is 6. The monoisotopic (exact) mass is 466 g/mol. The lowest BCUT2D eigenvalue weighted by molar-refractivity contribution is -0.116. The van der Waals surface area contributed by atoms with Crippen molar-refractivity contribution in [1.29, 1.82) is 0 Å². The average molecular weight is 466 g/mol. The predicted octanol–water partition coefficient (Wildman–Crippen LogP) is 2.34. The Labute approximate surface area is 196 Å². The molecule has 10 heteroatoms. The molecule has 178 valence electrons. The number of piperazine rings is 1. The largest absolute Gasteiger partial charge is 0.497 e. The molecule has 1 N–H and O–H groups in total. The number of anilines is 1. The van der Waals surface area contributed by atoms with Crippen LogP contribution in [0.3, 0.4) is 0 Å². The minimum absolute atomic E-state index is 0.0502. The molecule has 3 amide bonds. The zero-order chi connectivity index (χ0) is 24.1. The lowest BCUT2D eigenvalue weighted by atomic mass is 10.2. The molecule has 1 saturated heterocycles. The van der Waals surface area contributed by atoms with Crippen LogP contribution in [0, 0.1) is 0 Å². The molecule has 0 saturated carbocycles. The maximum atomic E-state index is 13.1. The molecule has 1 aliphatic rings. The fraction of sp³-hybridized carbons (Fsp3) is 0.292. The van der Waals surface area contributed by atoms with E-state index in [0.29, 0.717) is 49.1 Å². The van der Waals surface area contributed by atoms with Crippen molar-refractivity contribution in [3.8, 4) is 11.5 Å². The molecule has 10 nitrogen and oxygen atoms in total. The number of benzene rings is 1. The molecule has 1 aromatic carbocycles. The number of nitrogens with one attached hydrogen (secondary N) is 1. The smallest absolute Gasteiger partial charge is 0.289 e. The molecule has 0 unspecified atom stereocenters. The molecule has 0 radical (unpaired) electrons. The Kier molecular flexibility index (Phi) is 6.86. The molecule has 2 aromatic heterocycles. The first-order valence-corrected chi connectivity index (χ1v) is 10.8. The summed E-state index contributed by atoms with van der Waals surface area (Å²) >= 11 is 0. The van der Waals surface area contributed by atoms with E-state index < -0.39 is 0 Å². The van der Waals surface area contributed by atoms with Gasteiger partial charge in [-0.1, -0.05) is 0 Å². The van der Waals surface area contributed by atoms with E-state index in [2.05, 4.69) is 5.32 Å². The summed E-state index contributed by atoms with van der Waals surface area (Å²) in [4.78, 5) is 41.6. The van der Waals surface area contributed by atoms with Gasteiger partial charge in [0.25, 0.3) is 11.8 Å². The van der Waals surface area contributed by atoms with Gasteiger partial charge in [0.2, 0.25) is 5.91 Å². The summed E-state index contributed by atoms with van der Waals surface area (Å²) in [7, 11) is 3.06. The Morgan fingerprint density at radius 1 is 0.941 bits per heavy atom. The van der Waals surface area contributed by atoms with Crippen LogP contribution in [0.4, 0.5) is 5.69 Å². The summed E-state index contributed by atoms with van der Waals surface area (Å²) in [5, 5.41) is 2.81. The highest BCUT2D eigenvalue weighted by Gasteiger charge is 2.28. The number of amides is 3. The molecule has 3 aromatic rings. The standard InChI is InChI=1S/C24H26N4O6/c1-32-17-7-8-20(33-2)18(15-17)25-22(29)16-28-9-3-5-19(28)23(30)26-10-12-27(13-11-26)24(31)21-6-4-14-34-21/h3-9,14-15H,10-13,16H2,1-2H3,(H,25,29). The SMILES string of the molecule is COc1ccc(OC)c(NC(=O)Cn2cccc2C(=O)N2CCN(C(=O)c3ccco3)CC2)c1. The molecular weight excluding hydrogens is 440 g/mol. The van der Waals surface area contributed by atoms with E-state index in [0.717, 1.165) is 0 Å². The maximum Gasteiger partial charge on any atom is 0.289 e. The first-order chi connectivity index (χ1) is 16.5. The van der Waals surface area contributed by atoms with Crippen molar-refractivity contribution in [1.82, 2.24) is 14.4 Å². The van der Waals surface area contributed by atoms with Crippen LogP contribution in [0.25, 0.3) is 0 Å². The lowest BCUT2D eigenvalue weighted by Crippen LogP contribution is -2.50. The number of methoxy groups -OCH3 is 2. The Balaban J connectivity index is 1.38. The van der Waals surface area contributed by atoms with Crippen LogP contribution in [0.15, 0.2) is 59.3 Å². The minimum Gasteiger partial charge on any atom is -0.497 e. The Hall–Kier alpha value is -4.21. The second kappa shape index (κ2) is 10.2. The van der Waals surface area contributed by atoms with Gasteiger partial charge in [-0.05, 0) is 36.4 Å². The van der Waals surface area contributed by atoms with Gasteiger partial charge in [0.05, 0.1) is 26.2 Å². The maximum absolute atomic E-state index is 13.1. The van der Waals surface area contributed by atoms with Crippen LogP contribution in [0.2, 0.25) is 0 Å². The van der Waals surface area contributed by atoms with E-state index in [1.807, 2.05) is 0 Å². The summed E-state index contributed by atoms with van der Waals surface area (Å²) in [5.74, 6) is 0.669. The van der Waals surface area contributed by atoms with E-state index in [1.165, 1.54) is 20.5 Å². The minimum atomic E-state index is -0.314. The van der Waals surface area contributed by atoms with Crippen molar-refractivity contribution in [3.63, 3.8) is 0 Å². The first kappa shape index (κ1) is 23.0. The summed E-state index contributed by atoms with van der Waals surface area (Å²) < 4.78 is 17.3. The fourth-order valence-electron chi connectivity index (χ4n) is 3.83. The topological polar surface area (TPSA) is 106 Å². The molecule has 1 aliphatic heterocycles. The van der Waals surface area contributed by atoms with Crippen LogP contribution in [0.5, 0.6) is 11.5 Å². The van der Waals surface area contributed by atoms with Gasteiger partial charge in [0.15, 0.2) is 5.76 Å². The van der Waals surface area contributed by atoms with Crippen molar-refractivity contribution in [2.75, 3.05) is 45.7 Å². The van der Waals surface area contributed by atoms with Crippen LogP contribution < -0.4 is 14.8 Å². The second-order valence-corrected chi connectivity index (χ2v) is 7.70. The van der Waals surface area contributed by atoms with Crippen LogP contribution in [-0.2, 0) is 11.3 Å². The van der Waals surface area contributed by atoms with E-state index in [-0.39, 0.29) is 30.0 Å². The van der Waals surface area contributed by atoms with Gasteiger partial charge >= 0.3 is 0 Å². The number of nitrogens with zero attached hydrogens (tertiary/aromatic N) is 3. The van der Waals surface area contributed by atoms with Gasteiger partial charge in [-0.3, -0.25) is 14.4 Å². The Morgan fingerprint density at radius 3 is 2.32 bits per heavy atom. The van der Waals surface area contributed by atoms with Gasteiger partial charge in [0, 0.05) is 38.4 Å². The number of carbonyl (C=O) groups is 3. The van der Waals surface area contributed by atoms with Gasteiger partial charge in [-0.15, -0.1) is 0 Å². The van der Waals surface area contributed by atoms with Crippen molar-refractivity contribution in [2.24, 2.45) is 0 Å². The number of carbonyl (C=O) groups excluding carboxylic acids is 3. The van der Waals surface area contributed by atoms with Crippen molar-refractivity contribution >= 4 is 23.4 Å². The first-order valence-electron chi connectivity index (χ1n) is 10.8. The molecule has 0 bridgehead atoms. The van der Waals surface area contributed by atoms with Gasteiger partial charge < -0.3 is 33.6 Å². The zero-order valence-electron chi connectivity index (χ0n) is 19.0. The second-order valence-electron chi connectivity index (χ2n) is 7.70. The number of ether oxygens (including phenoxy) is 2. The number of furan rings is 1. The molecule has 0 atom stereocenters. The summed E-state index contributed by atoms with van der Waals surface area (Å²) in [6.45, 7) is 1.54. The third-order valence-electron chi connectivity index (χ3n) is 5.63. The Bertz CT molecular complexity index is 1160. The highest BCUT2D eigenvalue weighted by molar-refractivity contribution is 5.96. The number of rotatable bonds is 7. The zero-order valence-corrected chi connectivity index (χ0v) is 19.0. The van der Waals surface area contributed by atoms with Crippen LogP contribution in [0.1, 0.15) is 21.0 Å². The third-order valence-corrected chi connectivity index (χ3v) is 5.63. The average Bonchev–Trinajstić information content (AvgIpc) is 3.56. The van der Waals surface area contributed by atoms with Gasteiger partial charge in [-0.25, -0.2) is 0 Å². The molecule has 3 heterocycles.